The summed E-state index contributed by atoms with van der Waals surface area (Å²) in [5.41, 5.74) is 1.04. The second-order valence-electron chi connectivity index (χ2n) is 5.14. The molecule has 1 aromatic rings. The van der Waals surface area contributed by atoms with Crippen LogP contribution in [0.1, 0.15) is 38.8 Å². The van der Waals surface area contributed by atoms with Crippen molar-refractivity contribution in [3.8, 4) is 5.75 Å². The normalized spacial score (nSPS) is 10.9. The molecule has 0 saturated heterocycles. The molecule has 0 aliphatic rings. The minimum absolute atomic E-state index is 0.264. The van der Waals surface area contributed by atoms with Crippen LogP contribution in [0.3, 0.4) is 0 Å². The highest BCUT2D eigenvalue weighted by Gasteiger charge is 1.98. The van der Waals surface area contributed by atoms with Crippen molar-refractivity contribution in [3.05, 3.63) is 24.0 Å². The minimum atomic E-state index is 0.264. The molecule has 0 atom stereocenters. The van der Waals surface area contributed by atoms with E-state index >= 15 is 0 Å². The molecule has 0 fully saturated rings. The summed E-state index contributed by atoms with van der Waals surface area (Å²) < 4.78 is 5.59. The molecular weight excluding hydrogens is 240 g/mol. The van der Waals surface area contributed by atoms with Crippen molar-refractivity contribution in [3.63, 3.8) is 0 Å². The molecule has 0 aliphatic carbocycles. The summed E-state index contributed by atoms with van der Waals surface area (Å²) in [7, 11) is 0. The van der Waals surface area contributed by atoms with E-state index in [1.54, 1.807) is 6.20 Å². The average molecular weight is 266 g/mol. The third-order valence-corrected chi connectivity index (χ3v) is 2.73. The lowest BCUT2D eigenvalue weighted by molar-refractivity contribution is 0.265. The number of pyridine rings is 1. The predicted octanol–water partition coefficient (Wildman–Crippen LogP) is 2.37. The number of aromatic nitrogens is 1. The highest BCUT2D eigenvalue weighted by atomic mass is 16.5. The Kier molecular flexibility index (Phi) is 8.18. The van der Waals surface area contributed by atoms with Gasteiger partial charge in [-0.25, -0.2) is 0 Å². The fourth-order valence-corrected chi connectivity index (χ4v) is 1.67. The quantitative estimate of drug-likeness (QED) is 0.638. The first-order valence-corrected chi connectivity index (χ1v) is 7.11. The van der Waals surface area contributed by atoms with Crippen molar-refractivity contribution < 1.29 is 9.84 Å². The van der Waals surface area contributed by atoms with Gasteiger partial charge in [0, 0.05) is 13.2 Å². The van der Waals surface area contributed by atoms with Gasteiger partial charge in [-0.1, -0.05) is 13.8 Å². The van der Waals surface area contributed by atoms with Gasteiger partial charge >= 0.3 is 0 Å². The molecule has 0 saturated carbocycles. The Morgan fingerprint density at radius 2 is 2.11 bits per heavy atom. The molecular formula is C15H26N2O2. The third-order valence-electron chi connectivity index (χ3n) is 2.73. The van der Waals surface area contributed by atoms with E-state index in [0.717, 1.165) is 43.8 Å². The lowest BCUT2D eigenvalue weighted by Crippen LogP contribution is -2.19. The molecule has 0 radical (unpaired) electrons. The van der Waals surface area contributed by atoms with Crippen molar-refractivity contribution in [1.29, 1.82) is 0 Å². The van der Waals surface area contributed by atoms with Gasteiger partial charge in [-0.2, -0.15) is 0 Å². The first-order chi connectivity index (χ1) is 9.22. The number of ether oxygens (including phenoxy) is 1. The van der Waals surface area contributed by atoms with Crippen molar-refractivity contribution >= 4 is 0 Å². The fourth-order valence-electron chi connectivity index (χ4n) is 1.67. The van der Waals surface area contributed by atoms with Crippen LogP contribution in [0.15, 0.2) is 18.3 Å². The largest absolute Gasteiger partial charge is 0.492 e. The molecule has 0 aromatic carbocycles. The number of aliphatic hydroxyl groups is 1. The van der Waals surface area contributed by atoms with Crippen molar-refractivity contribution in [2.24, 2.45) is 5.92 Å². The Morgan fingerprint density at radius 3 is 2.74 bits per heavy atom. The van der Waals surface area contributed by atoms with Gasteiger partial charge in [0.1, 0.15) is 5.75 Å². The molecule has 1 heterocycles. The Bertz CT molecular complexity index is 325. The van der Waals surface area contributed by atoms with Gasteiger partial charge in [0.05, 0.1) is 18.5 Å². The average Bonchev–Trinajstić information content (AvgIpc) is 2.40. The van der Waals surface area contributed by atoms with Gasteiger partial charge in [0.25, 0.3) is 0 Å². The van der Waals surface area contributed by atoms with Crippen LogP contribution in [-0.2, 0) is 6.54 Å². The zero-order chi connectivity index (χ0) is 13.9. The summed E-state index contributed by atoms with van der Waals surface area (Å²) in [6.45, 7) is 7.13. The zero-order valence-corrected chi connectivity index (χ0v) is 12.1. The second-order valence-corrected chi connectivity index (χ2v) is 5.14. The van der Waals surface area contributed by atoms with Crippen molar-refractivity contribution in [2.45, 2.75) is 39.7 Å². The van der Waals surface area contributed by atoms with E-state index in [1.165, 1.54) is 0 Å². The molecule has 0 aliphatic heterocycles. The van der Waals surface area contributed by atoms with Gasteiger partial charge in [0.15, 0.2) is 0 Å². The molecule has 4 nitrogen and oxygen atoms in total. The summed E-state index contributed by atoms with van der Waals surface area (Å²) in [5, 5.41) is 12.0. The Balaban J connectivity index is 2.19. The van der Waals surface area contributed by atoms with Gasteiger partial charge in [-0.15, -0.1) is 0 Å². The molecule has 108 valence electrons. The first-order valence-electron chi connectivity index (χ1n) is 7.11. The van der Waals surface area contributed by atoms with E-state index in [0.29, 0.717) is 12.5 Å². The van der Waals surface area contributed by atoms with E-state index in [9.17, 15) is 0 Å². The first kappa shape index (κ1) is 15.9. The summed E-state index contributed by atoms with van der Waals surface area (Å²) in [6.07, 6.45) is 4.60. The Labute approximate surface area is 116 Å². The molecule has 4 heteroatoms. The standard InChI is InChI=1S/C15H26N2O2/c1-13(2)10-16-11-14-6-7-15(12-17-14)19-9-5-3-4-8-18/h6-7,12-13,16,18H,3-5,8-11H2,1-2H3. The Morgan fingerprint density at radius 1 is 1.26 bits per heavy atom. The molecule has 0 spiro atoms. The van der Waals surface area contributed by atoms with Crippen molar-refractivity contribution in [2.75, 3.05) is 19.8 Å². The lowest BCUT2D eigenvalue weighted by atomic mass is 10.2. The maximum absolute atomic E-state index is 8.66. The highest BCUT2D eigenvalue weighted by Crippen LogP contribution is 2.10. The van der Waals surface area contributed by atoms with E-state index < -0.39 is 0 Å². The number of unbranched alkanes of at least 4 members (excludes halogenated alkanes) is 2. The number of hydrogen-bond donors (Lipinski definition) is 2. The van der Waals surface area contributed by atoms with Crippen molar-refractivity contribution in [1.82, 2.24) is 10.3 Å². The zero-order valence-electron chi connectivity index (χ0n) is 12.1. The van der Waals surface area contributed by atoms with Crippen LogP contribution in [0.5, 0.6) is 5.75 Å². The van der Waals surface area contributed by atoms with Gasteiger partial charge in [-0.05, 0) is 43.9 Å². The minimum Gasteiger partial charge on any atom is -0.492 e. The van der Waals surface area contributed by atoms with E-state index in [4.69, 9.17) is 9.84 Å². The summed E-state index contributed by atoms with van der Waals surface area (Å²) in [4.78, 5) is 4.36. The van der Waals surface area contributed by atoms with E-state index in [2.05, 4.69) is 24.1 Å². The summed E-state index contributed by atoms with van der Waals surface area (Å²) in [5.74, 6) is 1.47. The number of nitrogens with one attached hydrogen (secondary N) is 1. The topological polar surface area (TPSA) is 54.4 Å². The second kappa shape index (κ2) is 9.75. The number of rotatable bonds is 10. The van der Waals surface area contributed by atoms with Gasteiger partial charge in [-0.3, -0.25) is 4.98 Å². The van der Waals surface area contributed by atoms with Crippen LogP contribution in [0.4, 0.5) is 0 Å². The molecule has 0 amide bonds. The molecule has 1 aromatic heterocycles. The van der Waals surface area contributed by atoms with Crippen LogP contribution in [-0.4, -0.2) is 29.8 Å². The number of nitrogens with zero attached hydrogens (tertiary/aromatic N) is 1. The molecule has 0 bridgehead atoms. The summed E-state index contributed by atoms with van der Waals surface area (Å²) in [6, 6.07) is 3.96. The van der Waals surface area contributed by atoms with Crippen LogP contribution in [0, 0.1) is 5.92 Å². The molecule has 19 heavy (non-hydrogen) atoms. The number of aliphatic hydroxyl groups excluding tert-OH is 1. The van der Waals surface area contributed by atoms with Crippen LogP contribution in [0.2, 0.25) is 0 Å². The SMILES string of the molecule is CC(C)CNCc1ccc(OCCCCCO)cn1. The smallest absolute Gasteiger partial charge is 0.137 e. The maximum Gasteiger partial charge on any atom is 0.137 e. The van der Waals surface area contributed by atoms with Gasteiger partial charge in [0.2, 0.25) is 0 Å². The lowest BCUT2D eigenvalue weighted by Gasteiger charge is -2.08. The third kappa shape index (κ3) is 7.80. The molecule has 0 unspecified atom stereocenters. The molecule has 2 N–H and O–H groups in total. The van der Waals surface area contributed by atoms with E-state index in [-0.39, 0.29) is 6.61 Å². The monoisotopic (exact) mass is 266 g/mol. The maximum atomic E-state index is 8.66. The van der Waals surface area contributed by atoms with Crippen LogP contribution >= 0.6 is 0 Å². The predicted molar refractivity (Wildman–Crippen MR) is 77.2 cm³/mol. The highest BCUT2D eigenvalue weighted by molar-refractivity contribution is 5.19. The molecule has 1 rings (SSSR count). The van der Waals surface area contributed by atoms with Crippen LogP contribution < -0.4 is 10.1 Å². The van der Waals surface area contributed by atoms with E-state index in [1.807, 2.05) is 12.1 Å². The fraction of sp³-hybridized carbons (Fsp3) is 0.667. The van der Waals surface area contributed by atoms with Gasteiger partial charge < -0.3 is 15.2 Å². The summed E-state index contributed by atoms with van der Waals surface area (Å²) >= 11 is 0. The van der Waals surface area contributed by atoms with Crippen LogP contribution in [0.25, 0.3) is 0 Å². The number of hydrogen-bond acceptors (Lipinski definition) is 4. The Hall–Kier alpha value is -1.13.